The molecule has 1 heterocycles. The summed E-state index contributed by atoms with van der Waals surface area (Å²) in [5.74, 6) is -1.16. The summed E-state index contributed by atoms with van der Waals surface area (Å²) < 4.78 is 0.855. The van der Waals surface area contributed by atoms with E-state index in [0.717, 1.165) is 3.79 Å². The van der Waals surface area contributed by atoms with Crippen molar-refractivity contribution in [2.45, 2.75) is 18.2 Å². The Morgan fingerprint density at radius 2 is 2.20 bits per heavy atom. The number of carboxylic acid groups (broad SMARTS) is 1. The Hall–Kier alpha value is -0.390. The number of carbonyl (C=O) groups excluding carboxylic acids is 1. The number of carboxylic acids is 1. The Morgan fingerprint density at radius 3 is 2.67 bits per heavy atom. The van der Waals surface area contributed by atoms with Gasteiger partial charge >= 0.3 is 5.97 Å². The highest BCUT2D eigenvalue weighted by atomic mass is 79.9. The largest absolute Gasteiger partial charge is 0.481 e. The first-order chi connectivity index (χ1) is 7.00. The van der Waals surface area contributed by atoms with Crippen LogP contribution in [0.1, 0.15) is 22.5 Å². The van der Waals surface area contributed by atoms with E-state index in [9.17, 15) is 9.59 Å². The smallest absolute Gasteiger partial charge is 0.303 e. The van der Waals surface area contributed by atoms with Gasteiger partial charge in [-0.05, 0) is 34.5 Å². The van der Waals surface area contributed by atoms with Crippen molar-refractivity contribution in [1.29, 1.82) is 0 Å². The molecule has 1 unspecified atom stereocenters. The number of carbonyl (C=O) groups is 2. The van der Waals surface area contributed by atoms with Gasteiger partial charge in [-0.2, -0.15) is 0 Å². The van der Waals surface area contributed by atoms with Gasteiger partial charge < -0.3 is 5.11 Å². The number of Topliss-reactive ketones (excluding diaryl/α,β-unsaturated/α-hetero) is 1. The number of ketones is 1. The molecule has 0 aromatic carbocycles. The van der Waals surface area contributed by atoms with Gasteiger partial charge in [-0.15, -0.1) is 22.9 Å². The Balaban J connectivity index is 2.57. The number of hydrogen-bond donors (Lipinski definition) is 1. The lowest BCUT2D eigenvalue weighted by Gasteiger charge is -2.04. The monoisotopic (exact) mass is 310 g/mol. The van der Waals surface area contributed by atoms with Gasteiger partial charge in [0.25, 0.3) is 0 Å². The number of thiophene rings is 1. The third-order valence-corrected chi connectivity index (χ3v) is 3.77. The second-order valence-electron chi connectivity index (χ2n) is 2.87. The second-order valence-corrected chi connectivity index (χ2v) is 5.86. The molecule has 0 saturated carbocycles. The molecule has 3 nitrogen and oxygen atoms in total. The van der Waals surface area contributed by atoms with Gasteiger partial charge in [0.1, 0.15) is 0 Å². The van der Waals surface area contributed by atoms with Crippen LogP contribution in [0.2, 0.25) is 0 Å². The molecule has 0 radical (unpaired) electrons. The second kappa shape index (κ2) is 5.63. The zero-order chi connectivity index (χ0) is 11.4. The van der Waals surface area contributed by atoms with E-state index >= 15 is 0 Å². The third kappa shape index (κ3) is 3.93. The molecule has 15 heavy (non-hydrogen) atoms. The van der Waals surface area contributed by atoms with Crippen LogP contribution in [0.4, 0.5) is 0 Å². The van der Waals surface area contributed by atoms with Crippen molar-refractivity contribution in [3.63, 3.8) is 0 Å². The van der Waals surface area contributed by atoms with Gasteiger partial charge in [0, 0.05) is 6.42 Å². The fraction of sp³-hybridized carbons (Fsp3) is 0.333. The molecule has 0 saturated heterocycles. The summed E-state index contributed by atoms with van der Waals surface area (Å²) in [5, 5.41) is 7.69. The normalized spacial score (nSPS) is 12.4. The minimum atomic E-state index is -0.944. The minimum Gasteiger partial charge on any atom is -0.481 e. The van der Waals surface area contributed by atoms with Crippen LogP contribution in [0.15, 0.2) is 15.9 Å². The highest BCUT2D eigenvalue weighted by Gasteiger charge is 2.19. The van der Waals surface area contributed by atoms with Crippen LogP contribution >= 0.6 is 38.9 Å². The SMILES string of the molecule is O=C(O)CCC(Cl)C(=O)c1ccc(Br)s1. The zero-order valence-corrected chi connectivity index (χ0v) is 10.7. The summed E-state index contributed by atoms with van der Waals surface area (Å²) in [6.45, 7) is 0. The third-order valence-electron chi connectivity index (χ3n) is 1.71. The van der Waals surface area contributed by atoms with Crippen LogP contribution < -0.4 is 0 Å². The van der Waals surface area contributed by atoms with Gasteiger partial charge in [0.2, 0.25) is 0 Å². The Kier molecular flexibility index (Phi) is 4.76. The summed E-state index contributed by atoms with van der Waals surface area (Å²) in [7, 11) is 0. The molecular weight excluding hydrogens is 304 g/mol. The van der Waals surface area contributed by atoms with Gasteiger partial charge in [-0.25, -0.2) is 0 Å². The van der Waals surface area contributed by atoms with Crippen molar-refractivity contribution < 1.29 is 14.7 Å². The quantitative estimate of drug-likeness (QED) is 0.671. The number of hydrogen-bond acceptors (Lipinski definition) is 3. The van der Waals surface area contributed by atoms with Crippen LogP contribution in [0, 0.1) is 0 Å². The van der Waals surface area contributed by atoms with Gasteiger partial charge in [0.05, 0.1) is 14.0 Å². The Labute approximate surface area is 104 Å². The van der Waals surface area contributed by atoms with Crippen LogP contribution in [-0.4, -0.2) is 22.2 Å². The predicted octanol–water partition coefficient (Wildman–Crippen LogP) is 3.17. The van der Waals surface area contributed by atoms with E-state index in [-0.39, 0.29) is 18.6 Å². The average molecular weight is 312 g/mol. The van der Waals surface area contributed by atoms with Crippen molar-refractivity contribution in [1.82, 2.24) is 0 Å². The summed E-state index contributed by atoms with van der Waals surface area (Å²) in [6.07, 6.45) is 0.0672. The van der Waals surface area contributed by atoms with E-state index < -0.39 is 11.3 Å². The van der Waals surface area contributed by atoms with Crippen molar-refractivity contribution in [2.24, 2.45) is 0 Å². The molecule has 0 fully saturated rings. The van der Waals surface area contributed by atoms with Crippen LogP contribution in [-0.2, 0) is 4.79 Å². The lowest BCUT2D eigenvalue weighted by molar-refractivity contribution is -0.137. The van der Waals surface area contributed by atoms with Crippen LogP contribution in [0.25, 0.3) is 0 Å². The molecule has 1 aromatic rings. The molecule has 0 aliphatic carbocycles. The number of rotatable bonds is 5. The molecule has 1 rings (SSSR count). The first-order valence-electron chi connectivity index (χ1n) is 4.16. The standard InChI is InChI=1S/C9H8BrClO3S/c10-7-3-2-6(15-7)9(14)5(11)1-4-8(12)13/h2-3,5H,1,4H2,(H,12,13). The van der Waals surface area contributed by atoms with Crippen LogP contribution in [0.3, 0.4) is 0 Å². The van der Waals surface area contributed by atoms with Gasteiger partial charge in [-0.3, -0.25) is 9.59 Å². The Bertz CT molecular complexity index is 377. The predicted molar refractivity (Wildman–Crippen MR) is 62.9 cm³/mol. The van der Waals surface area contributed by atoms with Crippen LogP contribution in [0.5, 0.6) is 0 Å². The molecule has 1 N–H and O–H groups in total. The summed E-state index contributed by atoms with van der Waals surface area (Å²) in [5.41, 5.74) is 0. The maximum absolute atomic E-state index is 11.6. The summed E-state index contributed by atoms with van der Waals surface area (Å²) >= 11 is 10.3. The molecular formula is C9H8BrClO3S. The molecule has 0 aliphatic rings. The Morgan fingerprint density at radius 1 is 1.53 bits per heavy atom. The summed E-state index contributed by atoms with van der Waals surface area (Å²) in [4.78, 5) is 22.5. The van der Waals surface area contributed by atoms with Crippen molar-refractivity contribution >= 4 is 50.6 Å². The average Bonchev–Trinajstić information content (AvgIpc) is 2.60. The molecule has 0 amide bonds. The zero-order valence-electron chi connectivity index (χ0n) is 7.57. The van der Waals surface area contributed by atoms with Crippen molar-refractivity contribution in [3.05, 3.63) is 20.8 Å². The van der Waals surface area contributed by atoms with E-state index in [1.54, 1.807) is 12.1 Å². The molecule has 0 spiro atoms. The maximum Gasteiger partial charge on any atom is 0.303 e. The lowest BCUT2D eigenvalue weighted by atomic mass is 10.1. The van der Waals surface area contributed by atoms with E-state index in [4.69, 9.17) is 16.7 Å². The van der Waals surface area contributed by atoms with Gasteiger partial charge in [0.15, 0.2) is 5.78 Å². The molecule has 1 aromatic heterocycles. The fourth-order valence-corrected chi connectivity index (χ4v) is 2.65. The van der Waals surface area contributed by atoms with E-state index in [1.165, 1.54) is 11.3 Å². The molecule has 82 valence electrons. The minimum absolute atomic E-state index is 0.0908. The summed E-state index contributed by atoms with van der Waals surface area (Å²) in [6, 6.07) is 3.44. The van der Waals surface area contributed by atoms with Crippen molar-refractivity contribution in [3.8, 4) is 0 Å². The number of halogens is 2. The molecule has 1 atom stereocenters. The van der Waals surface area contributed by atoms with E-state index in [0.29, 0.717) is 4.88 Å². The fourth-order valence-electron chi connectivity index (χ4n) is 0.982. The van der Waals surface area contributed by atoms with Gasteiger partial charge in [-0.1, -0.05) is 0 Å². The van der Waals surface area contributed by atoms with E-state index in [2.05, 4.69) is 15.9 Å². The lowest BCUT2D eigenvalue weighted by Crippen LogP contribution is -2.14. The number of alkyl halides is 1. The number of aliphatic carboxylic acids is 1. The highest BCUT2D eigenvalue weighted by Crippen LogP contribution is 2.25. The molecule has 0 bridgehead atoms. The first-order valence-corrected chi connectivity index (χ1v) is 6.20. The molecule has 6 heteroatoms. The molecule has 0 aliphatic heterocycles. The first kappa shape index (κ1) is 12.7. The van der Waals surface area contributed by atoms with E-state index in [1.807, 2.05) is 0 Å². The maximum atomic E-state index is 11.6. The van der Waals surface area contributed by atoms with Crippen molar-refractivity contribution in [2.75, 3.05) is 0 Å². The highest BCUT2D eigenvalue weighted by molar-refractivity contribution is 9.11. The topological polar surface area (TPSA) is 54.4 Å².